The molecule has 0 spiro atoms. The van der Waals surface area contributed by atoms with E-state index in [4.69, 9.17) is 10.9 Å². The number of rotatable bonds is 10. The Hall–Kier alpha value is -1.10. The van der Waals surface area contributed by atoms with Gasteiger partial charge in [0.1, 0.15) is 0 Å². The molecule has 3 atom stereocenters. The number of hydrogen-bond acceptors (Lipinski definition) is 3. The lowest BCUT2D eigenvalue weighted by Crippen LogP contribution is -2.51. The lowest BCUT2D eigenvalue weighted by atomic mass is 9.83. The van der Waals surface area contributed by atoms with Crippen LogP contribution in [-0.4, -0.2) is 28.0 Å². The fourth-order valence-corrected chi connectivity index (χ4v) is 2.52. The molecule has 0 radical (unpaired) electrons. The van der Waals surface area contributed by atoms with E-state index in [9.17, 15) is 9.59 Å². The summed E-state index contributed by atoms with van der Waals surface area (Å²) in [4.78, 5) is 23.2. The average molecular weight is 300 g/mol. The highest BCUT2D eigenvalue weighted by atomic mass is 16.4. The first kappa shape index (κ1) is 19.9. The van der Waals surface area contributed by atoms with Crippen LogP contribution in [0.5, 0.6) is 0 Å². The van der Waals surface area contributed by atoms with Crippen LogP contribution >= 0.6 is 0 Å². The third kappa shape index (κ3) is 7.46. The van der Waals surface area contributed by atoms with Gasteiger partial charge in [0, 0.05) is 6.42 Å². The number of unbranched alkanes of at least 4 members (excludes halogenated alkanes) is 1. The molecule has 21 heavy (non-hydrogen) atoms. The standard InChI is InChI=1S/C16H32N2O3/c1-6-7-8-12(4)13(5)14(10-16(20)21)18(17)15(19)9-11(2)3/h11-14H,6-10,17H2,1-5H3,(H,20,21). The van der Waals surface area contributed by atoms with Crippen molar-refractivity contribution in [3.05, 3.63) is 0 Å². The van der Waals surface area contributed by atoms with Crippen LogP contribution in [-0.2, 0) is 9.59 Å². The molecule has 0 saturated heterocycles. The van der Waals surface area contributed by atoms with E-state index in [2.05, 4.69) is 13.8 Å². The van der Waals surface area contributed by atoms with Gasteiger partial charge in [0.15, 0.2) is 0 Å². The molecule has 3 N–H and O–H groups in total. The lowest BCUT2D eigenvalue weighted by Gasteiger charge is -2.35. The van der Waals surface area contributed by atoms with Gasteiger partial charge in [-0.25, -0.2) is 5.84 Å². The van der Waals surface area contributed by atoms with Gasteiger partial charge in [-0.2, -0.15) is 0 Å². The molecule has 0 bridgehead atoms. The summed E-state index contributed by atoms with van der Waals surface area (Å²) in [6.45, 7) is 10.1. The fraction of sp³-hybridized carbons (Fsp3) is 0.875. The zero-order valence-electron chi connectivity index (χ0n) is 14.1. The number of hydrazine groups is 1. The van der Waals surface area contributed by atoms with Crippen molar-refractivity contribution in [3.8, 4) is 0 Å². The van der Waals surface area contributed by atoms with E-state index in [1.165, 1.54) is 5.01 Å². The second kappa shape index (κ2) is 9.77. The number of amides is 1. The highest BCUT2D eigenvalue weighted by Gasteiger charge is 2.31. The summed E-state index contributed by atoms with van der Waals surface area (Å²) in [6.07, 6.45) is 3.50. The van der Waals surface area contributed by atoms with Gasteiger partial charge >= 0.3 is 5.97 Å². The summed E-state index contributed by atoms with van der Waals surface area (Å²) in [5.41, 5.74) is 0. The van der Waals surface area contributed by atoms with Crippen LogP contribution in [0.2, 0.25) is 0 Å². The first-order chi connectivity index (χ1) is 9.70. The Morgan fingerprint density at radius 3 is 2.14 bits per heavy atom. The van der Waals surface area contributed by atoms with Crippen LogP contribution in [0.4, 0.5) is 0 Å². The van der Waals surface area contributed by atoms with E-state index < -0.39 is 12.0 Å². The molecule has 5 nitrogen and oxygen atoms in total. The van der Waals surface area contributed by atoms with Gasteiger partial charge in [-0.15, -0.1) is 0 Å². The molecule has 0 saturated carbocycles. The van der Waals surface area contributed by atoms with Crippen LogP contribution in [0, 0.1) is 17.8 Å². The van der Waals surface area contributed by atoms with E-state index in [1.807, 2.05) is 20.8 Å². The van der Waals surface area contributed by atoms with Gasteiger partial charge in [0.25, 0.3) is 0 Å². The molecule has 0 aromatic carbocycles. The van der Waals surface area contributed by atoms with Crippen LogP contribution in [0.25, 0.3) is 0 Å². The average Bonchev–Trinajstić information content (AvgIpc) is 2.39. The topological polar surface area (TPSA) is 83.6 Å². The lowest BCUT2D eigenvalue weighted by molar-refractivity contribution is -0.143. The van der Waals surface area contributed by atoms with Gasteiger partial charge in [-0.1, -0.05) is 53.9 Å². The maximum Gasteiger partial charge on any atom is 0.305 e. The van der Waals surface area contributed by atoms with Gasteiger partial charge in [-0.05, 0) is 17.8 Å². The fourth-order valence-electron chi connectivity index (χ4n) is 2.52. The Balaban J connectivity index is 4.91. The zero-order valence-corrected chi connectivity index (χ0v) is 14.1. The third-order valence-corrected chi connectivity index (χ3v) is 4.13. The van der Waals surface area contributed by atoms with Crippen molar-refractivity contribution in [3.63, 3.8) is 0 Å². The number of nitrogens with two attached hydrogens (primary N) is 1. The zero-order chi connectivity index (χ0) is 16.6. The molecule has 3 unspecified atom stereocenters. The van der Waals surface area contributed by atoms with Crippen LogP contribution in [0.1, 0.15) is 66.7 Å². The first-order valence-corrected chi connectivity index (χ1v) is 7.99. The van der Waals surface area contributed by atoms with Crippen molar-refractivity contribution >= 4 is 11.9 Å². The van der Waals surface area contributed by atoms with Gasteiger partial charge in [-0.3, -0.25) is 14.6 Å². The maximum atomic E-state index is 12.1. The summed E-state index contributed by atoms with van der Waals surface area (Å²) in [5.74, 6) is 5.47. The van der Waals surface area contributed by atoms with Crippen molar-refractivity contribution in [2.75, 3.05) is 0 Å². The third-order valence-electron chi connectivity index (χ3n) is 4.13. The highest BCUT2D eigenvalue weighted by molar-refractivity contribution is 5.77. The van der Waals surface area contributed by atoms with E-state index in [-0.39, 0.29) is 24.2 Å². The van der Waals surface area contributed by atoms with Gasteiger partial charge < -0.3 is 5.11 Å². The molecule has 0 fully saturated rings. The number of carboxylic acid groups (broad SMARTS) is 1. The van der Waals surface area contributed by atoms with E-state index in [0.717, 1.165) is 19.3 Å². The predicted octanol–water partition coefficient (Wildman–Crippen LogP) is 3.04. The molecule has 0 aliphatic carbocycles. The second-order valence-corrected chi connectivity index (χ2v) is 6.54. The Bertz CT molecular complexity index is 331. The van der Waals surface area contributed by atoms with E-state index in [1.54, 1.807) is 0 Å². The molecule has 0 rings (SSSR count). The molecular weight excluding hydrogens is 268 g/mol. The number of carbonyl (C=O) groups excluding carboxylic acids is 1. The van der Waals surface area contributed by atoms with Gasteiger partial charge in [0.2, 0.25) is 5.91 Å². The Labute approximate surface area is 128 Å². The molecule has 0 aliphatic rings. The smallest absolute Gasteiger partial charge is 0.305 e. The maximum absolute atomic E-state index is 12.1. The SMILES string of the molecule is CCCCC(C)C(C)C(CC(=O)O)N(N)C(=O)CC(C)C. The summed E-state index contributed by atoms with van der Waals surface area (Å²) in [6, 6.07) is -0.444. The van der Waals surface area contributed by atoms with Crippen molar-refractivity contribution in [1.82, 2.24) is 5.01 Å². The van der Waals surface area contributed by atoms with Crippen molar-refractivity contribution in [2.45, 2.75) is 72.8 Å². The minimum atomic E-state index is -0.915. The minimum absolute atomic E-state index is 0.0637. The van der Waals surface area contributed by atoms with Crippen molar-refractivity contribution in [2.24, 2.45) is 23.6 Å². The minimum Gasteiger partial charge on any atom is -0.481 e. The Kier molecular flexibility index (Phi) is 9.26. The Morgan fingerprint density at radius 1 is 1.14 bits per heavy atom. The van der Waals surface area contributed by atoms with Crippen molar-refractivity contribution < 1.29 is 14.7 Å². The molecule has 0 aromatic heterocycles. The Morgan fingerprint density at radius 2 is 1.71 bits per heavy atom. The molecular formula is C16H32N2O3. The van der Waals surface area contributed by atoms with E-state index in [0.29, 0.717) is 12.3 Å². The number of carbonyl (C=O) groups is 2. The largest absolute Gasteiger partial charge is 0.481 e. The van der Waals surface area contributed by atoms with Crippen LogP contribution < -0.4 is 5.84 Å². The highest BCUT2D eigenvalue weighted by Crippen LogP contribution is 2.26. The molecule has 0 aliphatic heterocycles. The number of hydrogen-bond donors (Lipinski definition) is 2. The van der Waals surface area contributed by atoms with Crippen LogP contribution in [0.15, 0.2) is 0 Å². The summed E-state index contributed by atoms with van der Waals surface area (Å²) in [7, 11) is 0. The normalized spacial score (nSPS) is 15.6. The predicted molar refractivity (Wildman–Crippen MR) is 84.4 cm³/mol. The monoisotopic (exact) mass is 300 g/mol. The number of nitrogens with zero attached hydrogens (tertiary/aromatic N) is 1. The van der Waals surface area contributed by atoms with Crippen LogP contribution in [0.3, 0.4) is 0 Å². The molecule has 124 valence electrons. The summed E-state index contributed by atoms with van der Waals surface area (Å²) < 4.78 is 0. The number of aliphatic carboxylic acids is 1. The number of carboxylic acids is 1. The first-order valence-electron chi connectivity index (χ1n) is 7.99. The van der Waals surface area contributed by atoms with Crippen molar-refractivity contribution in [1.29, 1.82) is 0 Å². The van der Waals surface area contributed by atoms with Gasteiger partial charge in [0.05, 0.1) is 12.5 Å². The second-order valence-electron chi connectivity index (χ2n) is 6.54. The summed E-state index contributed by atoms with van der Waals surface area (Å²) in [5, 5.41) is 10.3. The van der Waals surface area contributed by atoms with E-state index >= 15 is 0 Å². The summed E-state index contributed by atoms with van der Waals surface area (Å²) >= 11 is 0. The molecule has 0 aromatic rings. The quantitative estimate of drug-likeness (QED) is 0.369. The molecule has 1 amide bonds. The molecule has 0 heterocycles. The molecule has 5 heteroatoms.